The van der Waals surface area contributed by atoms with Crippen LogP contribution < -0.4 is 11.5 Å². The molecule has 2 rings (SSSR count). The predicted molar refractivity (Wildman–Crippen MR) is 86.4 cm³/mol. The van der Waals surface area contributed by atoms with E-state index in [9.17, 15) is 9.59 Å². The van der Waals surface area contributed by atoms with Gasteiger partial charge in [-0.05, 0) is 24.1 Å². The second kappa shape index (κ2) is 6.62. The first kappa shape index (κ1) is 16.0. The van der Waals surface area contributed by atoms with Crippen LogP contribution >= 0.6 is 11.6 Å². The molecule has 0 saturated carbocycles. The number of benzene rings is 1. The Labute approximate surface area is 133 Å². The zero-order chi connectivity index (χ0) is 16.3. The molecule has 0 fully saturated rings. The number of rotatable bonds is 4. The molecule has 7 heteroatoms. The maximum atomic E-state index is 11.8. The molecule has 2 amide bonds. The topological polar surface area (TPSA) is 102 Å². The number of aryl methyl sites for hydroxylation is 1. The molecule has 0 saturated heterocycles. The lowest BCUT2D eigenvalue weighted by Gasteiger charge is -2.24. The summed E-state index contributed by atoms with van der Waals surface area (Å²) in [4.78, 5) is 28.5. The lowest BCUT2D eigenvalue weighted by Crippen LogP contribution is -2.39. The van der Waals surface area contributed by atoms with Gasteiger partial charge in [-0.15, -0.1) is 0 Å². The molecule has 0 aliphatic carbocycles. The minimum Gasteiger partial charge on any atom is -0.398 e. The Morgan fingerprint density at radius 3 is 2.73 bits per heavy atom. The molecular formula is C15H17ClN4O2. The standard InChI is InChI=1S/C15H17ClN4O2/c1-9-2-3-10(6-11(9)16)14(17)13(15(18)22)12-7-20(8-21)5-4-19-12/h2-3,6,8H,4-5,7,17H2,1H3,(H2,18,22). The number of nitrogens with two attached hydrogens (primary N) is 2. The molecule has 1 heterocycles. The molecule has 6 nitrogen and oxygen atoms in total. The fourth-order valence-electron chi connectivity index (χ4n) is 2.22. The zero-order valence-electron chi connectivity index (χ0n) is 12.2. The third-order valence-corrected chi connectivity index (χ3v) is 3.89. The quantitative estimate of drug-likeness (QED) is 0.631. The highest BCUT2D eigenvalue weighted by Crippen LogP contribution is 2.22. The number of nitrogens with zero attached hydrogens (tertiary/aromatic N) is 2. The number of hydrogen-bond donors (Lipinski definition) is 2. The molecular weight excluding hydrogens is 304 g/mol. The van der Waals surface area contributed by atoms with E-state index in [1.165, 1.54) is 4.90 Å². The Balaban J connectivity index is 2.49. The lowest BCUT2D eigenvalue weighted by atomic mass is 10.00. The summed E-state index contributed by atoms with van der Waals surface area (Å²) in [5, 5.41) is 0.546. The summed E-state index contributed by atoms with van der Waals surface area (Å²) in [6.07, 6.45) is 0.715. The van der Waals surface area contributed by atoms with Gasteiger partial charge in [0.2, 0.25) is 6.41 Å². The van der Waals surface area contributed by atoms with E-state index in [4.69, 9.17) is 23.1 Å². The number of primary amides is 1. The van der Waals surface area contributed by atoms with E-state index in [1.54, 1.807) is 12.1 Å². The summed E-state index contributed by atoms with van der Waals surface area (Å²) in [6, 6.07) is 5.25. The van der Waals surface area contributed by atoms with E-state index in [0.717, 1.165) is 5.56 Å². The summed E-state index contributed by atoms with van der Waals surface area (Å²) < 4.78 is 0. The van der Waals surface area contributed by atoms with Gasteiger partial charge in [0.15, 0.2) is 0 Å². The van der Waals surface area contributed by atoms with Crippen LogP contribution in [-0.4, -0.2) is 42.6 Å². The summed E-state index contributed by atoms with van der Waals surface area (Å²) in [5.41, 5.74) is 13.8. The monoisotopic (exact) mass is 320 g/mol. The number of halogens is 1. The van der Waals surface area contributed by atoms with Crippen LogP contribution in [0.4, 0.5) is 0 Å². The summed E-state index contributed by atoms with van der Waals surface area (Å²) in [7, 11) is 0. The second-order valence-electron chi connectivity index (χ2n) is 5.02. The van der Waals surface area contributed by atoms with Crippen molar-refractivity contribution in [3.05, 3.63) is 39.9 Å². The second-order valence-corrected chi connectivity index (χ2v) is 5.43. The van der Waals surface area contributed by atoms with Gasteiger partial charge in [0.25, 0.3) is 5.91 Å². The maximum Gasteiger partial charge on any atom is 0.252 e. The van der Waals surface area contributed by atoms with E-state index in [1.807, 2.05) is 13.0 Å². The SMILES string of the molecule is Cc1ccc(C(N)=C(C(N)=O)C2=NCCN(C=O)C2)cc1Cl. The Kier molecular flexibility index (Phi) is 4.82. The van der Waals surface area contributed by atoms with Crippen molar-refractivity contribution in [2.75, 3.05) is 19.6 Å². The van der Waals surface area contributed by atoms with Gasteiger partial charge in [-0.25, -0.2) is 0 Å². The summed E-state index contributed by atoms with van der Waals surface area (Å²) >= 11 is 6.09. The van der Waals surface area contributed by atoms with Crippen LogP contribution in [0, 0.1) is 6.92 Å². The minimum absolute atomic E-state index is 0.131. The van der Waals surface area contributed by atoms with E-state index < -0.39 is 5.91 Å². The first-order valence-electron chi connectivity index (χ1n) is 6.73. The molecule has 116 valence electrons. The highest BCUT2D eigenvalue weighted by molar-refractivity contribution is 6.31. The zero-order valence-corrected chi connectivity index (χ0v) is 12.9. The van der Waals surface area contributed by atoms with E-state index in [2.05, 4.69) is 4.99 Å². The number of carbonyl (C=O) groups excluding carboxylic acids is 2. The first-order chi connectivity index (χ1) is 10.4. The Morgan fingerprint density at radius 1 is 1.41 bits per heavy atom. The number of carbonyl (C=O) groups is 2. The summed E-state index contributed by atoms with van der Waals surface area (Å²) in [6.45, 7) is 3.00. The van der Waals surface area contributed by atoms with Crippen molar-refractivity contribution >= 4 is 35.3 Å². The molecule has 0 atom stereocenters. The first-order valence-corrected chi connectivity index (χ1v) is 7.11. The number of hydrogen-bond acceptors (Lipinski definition) is 4. The van der Waals surface area contributed by atoms with Crippen LogP contribution in [0.25, 0.3) is 5.70 Å². The smallest absolute Gasteiger partial charge is 0.252 e. The van der Waals surface area contributed by atoms with Gasteiger partial charge in [0.05, 0.1) is 30.1 Å². The largest absolute Gasteiger partial charge is 0.398 e. The average molecular weight is 321 g/mol. The van der Waals surface area contributed by atoms with E-state index >= 15 is 0 Å². The molecule has 1 aromatic rings. The Bertz CT molecular complexity index is 682. The Morgan fingerprint density at radius 2 is 2.14 bits per heavy atom. The van der Waals surface area contributed by atoms with Gasteiger partial charge in [0.1, 0.15) is 0 Å². The highest BCUT2D eigenvalue weighted by Gasteiger charge is 2.23. The molecule has 0 bridgehead atoms. The third kappa shape index (κ3) is 3.28. The molecule has 22 heavy (non-hydrogen) atoms. The normalized spacial score (nSPS) is 15.9. The molecule has 0 radical (unpaired) electrons. The van der Waals surface area contributed by atoms with Gasteiger partial charge >= 0.3 is 0 Å². The molecule has 1 aliphatic heterocycles. The van der Waals surface area contributed by atoms with E-state index in [0.29, 0.717) is 35.8 Å². The lowest BCUT2D eigenvalue weighted by molar-refractivity contribution is -0.118. The highest BCUT2D eigenvalue weighted by atomic mass is 35.5. The van der Waals surface area contributed by atoms with Crippen molar-refractivity contribution in [2.24, 2.45) is 16.5 Å². The van der Waals surface area contributed by atoms with Crippen molar-refractivity contribution in [3.63, 3.8) is 0 Å². The van der Waals surface area contributed by atoms with Crippen LogP contribution in [0.2, 0.25) is 5.02 Å². The maximum absolute atomic E-state index is 11.8. The van der Waals surface area contributed by atoms with Crippen molar-refractivity contribution < 1.29 is 9.59 Å². The van der Waals surface area contributed by atoms with Crippen molar-refractivity contribution in [3.8, 4) is 0 Å². The Hall–Kier alpha value is -2.34. The number of amides is 2. The van der Waals surface area contributed by atoms with Gasteiger partial charge < -0.3 is 16.4 Å². The van der Waals surface area contributed by atoms with Crippen molar-refractivity contribution in [2.45, 2.75) is 6.92 Å². The fourth-order valence-corrected chi connectivity index (χ4v) is 2.40. The van der Waals surface area contributed by atoms with Gasteiger partial charge in [-0.1, -0.05) is 23.7 Å². The number of aliphatic imine (C=N–C) groups is 1. The van der Waals surface area contributed by atoms with Gasteiger partial charge in [0, 0.05) is 11.6 Å². The van der Waals surface area contributed by atoms with Crippen LogP contribution in [0.5, 0.6) is 0 Å². The van der Waals surface area contributed by atoms with Crippen molar-refractivity contribution in [1.82, 2.24) is 4.90 Å². The molecule has 0 spiro atoms. The minimum atomic E-state index is -0.680. The average Bonchev–Trinajstić information content (AvgIpc) is 2.50. The van der Waals surface area contributed by atoms with Crippen molar-refractivity contribution in [1.29, 1.82) is 0 Å². The van der Waals surface area contributed by atoms with Crippen LogP contribution in [0.15, 0.2) is 28.8 Å². The fraction of sp³-hybridized carbons (Fsp3) is 0.267. The van der Waals surface area contributed by atoms with Gasteiger partial charge in [-0.2, -0.15) is 0 Å². The third-order valence-electron chi connectivity index (χ3n) is 3.48. The van der Waals surface area contributed by atoms with E-state index in [-0.39, 0.29) is 17.8 Å². The molecule has 1 aliphatic rings. The van der Waals surface area contributed by atoms with Crippen LogP contribution in [0.1, 0.15) is 11.1 Å². The molecule has 0 unspecified atom stereocenters. The molecule has 0 aromatic heterocycles. The predicted octanol–water partition coefficient (Wildman–Crippen LogP) is 0.717. The molecule has 4 N–H and O–H groups in total. The summed E-state index contributed by atoms with van der Waals surface area (Å²) in [5.74, 6) is -0.680. The molecule has 1 aromatic carbocycles. The van der Waals surface area contributed by atoms with Crippen LogP contribution in [-0.2, 0) is 9.59 Å². The van der Waals surface area contributed by atoms with Crippen LogP contribution in [0.3, 0.4) is 0 Å². The van der Waals surface area contributed by atoms with Gasteiger partial charge in [-0.3, -0.25) is 14.6 Å².